The van der Waals surface area contributed by atoms with E-state index in [1.807, 2.05) is 35.2 Å². The van der Waals surface area contributed by atoms with Crippen LogP contribution in [-0.4, -0.2) is 48.6 Å². The average molecular weight is 360 g/mol. The number of ether oxygens (including phenoxy) is 1. The Hall–Kier alpha value is -2.27. The van der Waals surface area contributed by atoms with Crippen molar-refractivity contribution in [3.63, 3.8) is 0 Å². The highest BCUT2D eigenvalue weighted by Gasteiger charge is 2.21. The quantitative estimate of drug-likeness (QED) is 0.743. The maximum Gasteiger partial charge on any atom is 0.222 e. The Balaban J connectivity index is 1.36. The Kier molecular flexibility index (Phi) is 6.12. The molecule has 0 bridgehead atoms. The molecule has 1 amide bonds. The minimum absolute atomic E-state index is 0.195. The lowest BCUT2D eigenvalue weighted by atomic mass is 10.2. The van der Waals surface area contributed by atoms with Crippen LogP contribution in [0.3, 0.4) is 0 Å². The van der Waals surface area contributed by atoms with Gasteiger partial charge in [0.15, 0.2) is 0 Å². The summed E-state index contributed by atoms with van der Waals surface area (Å²) in [5.74, 6) is 1.95. The van der Waals surface area contributed by atoms with Gasteiger partial charge in [-0.25, -0.2) is 4.98 Å². The lowest BCUT2D eigenvalue weighted by molar-refractivity contribution is -0.131. The lowest BCUT2D eigenvalue weighted by Gasteiger charge is -2.35. The van der Waals surface area contributed by atoms with Gasteiger partial charge in [-0.15, -0.1) is 0 Å². The van der Waals surface area contributed by atoms with E-state index in [2.05, 4.69) is 9.88 Å². The number of amides is 1. The first kappa shape index (κ1) is 17.5. The number of piperazine rings is 1. The maximum atomic E-state index is 12.3. The van der Waals surface area contributed by atoms with Crippen LogP contribution >= 0.6 is 11.6 Å². The van der Waals surface area contributed by atoms with Crippen LogP contribution in [0.25, 0.3) is 0 Å². The van der Waals surface area contributed by atoms with Crippen molar-refractivity contribution in [3.8, 4) is 5.75 Å². The zero-order valence-corrected chi connectivity index (χ0v) is 14.9. The number of benzene rings is 1. The molecule has 5 nitrogen and oxygen atoms in total. The summed E-state index contributed by atoms with van der Waals surface area (Å²) >= 11 is 5.84. The van der Waals surface area contributed by atoms with Crippen molar-refractivity contribution in [2.45, 2.75) is 12.8 Å². The third kappa shape index (κ3) is 5.10. The van der Waals surface area contributed by atoms with Gasteiger partial charge in [0.05, 0.1) is 6.61 Å². The van der Waals surface area contributed by atoms with Gasteiger partial charge in [-0.2, -0.15) is 0 Å². The summed E-state index contributed by atoms with van der Waals surface area (Å²) in [6.07, 6.45) is 3.02. The number of hydrogen-bond donors (Lipinski definition) is 0. The summed E-state index contributed by atoms with van der Waals surface area (Å²) < 4.78 is 5.63. The second kappa shape index (κ2) is 8.72. The number of nitrogens with zero attached hydrogens (tertiary/aromatic N) is 3. The zero-order chi connectivity index (χ0) is 17.5. The van der Waals surface area contributed by atoms with Crippen LogP contribution in [0, 0.1) is 0 Å². The molecule has 3 rings (SSSR count). The molecule has 0 atom stereocenters. The van der Waals surface area contributed by atoms with Crippen LogP contribution in [0.4, 0.5) is 5.82 Å². The van der Waals surface area contributed by atoms with E-state index in [1.165, 1.54) is 0 Å². The number of aromatic nitrogens is 1. The second-order valence-corrected chi connectivity index (χ2v) is 6.40. The van der Waals surface area contributed by atoms with Crippen molar-refractivity contribution in [2.75, 3.05) is 37.7 Å². The van der Waals surface area contributed by atoms with Crippen LogP contribution in [0.15, 0.2) is 48.7 Å². The standard InChI is InChI=1S/C19H22ClN3O2/c20-16-6-8-17(9-7-16)25-15-3-5-19(24)23-13-11-22(12-14-23)18-4-1-2-10-21-18/h1-2,4,6-10H,3,5,11-15H2. The van der Waals surface area contributed by atoms with Crippen LogP contribution in [0.1, 0.15) is 12.8 Å². The Morgan fingerprint density at radius 2 is 1.84 bits per heavy atom. The second-order valence-electron chi connectivity index (χ2n) is 5.96. The van der Waals surface area contributed by atoms with Gasteiger partial charge in [-0.1, -0.05) is 17.7 Å². The summed E-state index contributed by atoms with van der Waals surface area (Å²) in [6.45, 7) is 3.66. The van der Waals surface area contributed by atoms with E-state index in [9.17, 15) is 4.79 Å². The molecule has 0 unspecified atom stereocenters. The normalized spacial score (nSPS) is 14.4. The first-order valence-electron chi connectivity index (χ1n) is 8.54. The molecular formula is C19H22ClN3O2. The summed E-state index contributed by atoms with van der Waals surface area (Å²) in [5.41, 5.74) is 0. The van der Waals surface area contributed by atoms with Gasteiger partial charge in [0.25, 0.3) is 0 Å². The third-order valence-corrected chi connectivity index (χ3v) is 4.47. The minimum Gasteiger partial charge on any atom is -0.494 e. The van der Waals surface area contributed by atoms with E-state index in [-0.39, 0.29) is 5.91 Å². The fourth-order valence-corrected chi connectivity index (χ4v) is 2.95. The Morgan fingerprint density at radius 3 is 2.52 bits per heavy atom. The number of carbonyl (C=O) groups is 1. The van der Waals surface area contributed by atoms with E-state index in [1.54, 1.807) is 18.3 Å². The third-order valence-electron chi connectivity index (χ3n) is 4.22. The molecule has 0 spiro atoms. The predicted octanol–water partition coefficient (Wildman–Crippen LogP) is 3.24. The lowest BCUT2D eigenvalue weighted by Crippen LogP contribution is -2.49. The van der Waals surface area contributed by atoms with E-state index >= 15 is 0 Å². The molecule has 0 N–H and O–H groups in total. The molecule has 2 aromatic rings. The highest BCUT2D eigenvalue weighted by atomic mass is 35.5. The predicted molar refractivity (Wildman–Crippen MR) is 99.2 cm³/mol. The monoisotopic (exact) mass is 359 g/mol. The summed E-state index contributed by atoms with van der Waals surface area (Å²) in [6, 6.07) is 13.2. The van der Waals surface area contributed by atoms with Gasteiger partial charge < -0.3 is 14.5 Å². The molecule has 1 saturated heterocycles. The SMILES string of the molecule is O=C(CCCOc1ccc(Cl)cc1)N1CCN(c2ccccn2)CC1. The number of hydrogen-bond acceptors (Lipinski definition) is 4. The summed E-state index contributed by atoms with van der Waals surface area (Å²) in [4.78, 5) is 20.8. The van der Waals surface area contributed by atoms with E-state index in [4.69, 9.17) is 16.3 Å². The Bertz CT molecular complexity index is 671. The fourth-order valence-electron chi connectivity index (χ4n) is 2.83. The van der Waals surface area contributed by atoms with E-state index in [0.29, 0.717) is 24.5 Å². The highest BCUT2D eigenvalue weighted by Crippen LogP contribution is 2.16. The smallest absolute Gasteiger partial charge is 0.222 e. The molecule has 0 aliphatic carbocycles. The zero-order valence-electron chi connectivity index (χ0n) is 14.1. The largest absolute Gasteiger partial charge is 0.494 e. The van der Waals surface area contributed by atoms with E-state index in [0.717, 1.165) is 37.7 Å². The Morgan fingerprint density at radius 1 is 1.08 bits per heavy atom. The van der Waals surface area contributed by atoms with Crippen molar-refractivity contribution in [1.82, 2.24) is 9.88 Å². The van der Waals surface area contributed by atoms with Crippen molar-refractivity contribution >= 4 is 23.3 Å². The van der Waals surface area contributed by atoms with Crippen LogP contribution in [0.5, 0.6) is 5.75 Å². The fraction of sp³-hybridized carbons (Fsp3) is 0.368. The average Bonchev–Trinajstić information content (AvgIpc) is 2.67. The number of carbonyl (C=O) groups excluding carboxylic acids is 1. The molecule has 1 aromatic heterocycles. The van der Waals surface area contributed by atoms with Crippen molar-refractivity contribution in [2.24, 2.45) is 0 Å². The number of rotatable bonds is 6. The molecule has 1 aliphatic heterocycles. The van der Waals surface area contributed by atoms with Gasteiger partial charge in [-0.3, -0.25) is 4.79 Å². The van der Waals surface area contributed by atoms with Gasteiger partial charge in [0.1, 0.15) is 11.6 Å². The topological polar surface area (TPSA) is 45.7 Å². The van der Waals surface area contributed by atoms with Crippen LogP contribution in [-0.2, 0) is 4.79 Å². The van der Waals surface area contributed by atoms with E-state index < -0.39 is 0 Å². The first-order chi connectivity index (χ1) is 12.2. The molecule has 1 fully saturated rings. The van der Waals surface area contributed by atoms with Gasteiger partial charge in [0, 0.05) is 43.8 Å². The molecule has 0 saturated carbocycles. The number of pyridine rings is 1. The maximum absolute atomic E-state index is 12.3. The van der Waals surface area contributed by atoms with Crippen LogP contribution in [0.2, 0.25) is 5.02 Å². The van der Waals surface area contributed by atoms with Gasteiger partial charge >= 0.3 is 0 Å². The molecular weight excluding hydrogens is 338 g/mol. The minimum atomic E-state index is 0.195. The highest BCUT2D eigenvalue weighted by molar-refractivity contribution is 6.30. The van der Waals surface area contributed by atoms with Crippen molar-refractivity contribution in [3.05, 3.63) is 53.7 Å². The summed E-state index contributed by atoms with van der Waals surface area (Å²) in [7, 11) is 0. The summed E-state index contributed by atoms with van der Waals surface area (Å²) in [5, 5.41) is 0.687. The first-order valence-corrected chi connectivity index (χ1v) is 8.92. The van der Waals surface area contributed by atoms with Crippen LogP contribution < -0.4 is 9.64 Å². The molecule has 1 aromatic carbocycles. The van der Waals surface area contributed by atoms with Gasteiger partial charge in [0.2, 0.25) is 5.91 Å². The molecule has 1 aliphatic rings. The number of halogens is 1. The molecule has 6 heteroatoms. The van der Waals surface area contributed by atoms with Crippen molar-refractivity contribution in [1.29, 1.82) is 0 Å². The molecule has 25 heavy (non-hydrogen) atoms. The molecule has 0 radical (unpaired) electrons. The number of anilines is 1. The molecule has 132 valence electrons. The van der Waals surface area contributed by atoms with Gasteiger partial charge in [-0.05, 0) is 42.8 Å². The molecule has 2 heterocycles. The van der Waals surface area contributed by atoms with Crippen molar-refractivity contribution < 1.29 is 9.53 Å². The Labute approximate surface area is 153 Å².